The summed E-state index contributed by atoms with van der Waals surface area (Å²) in [6, 6.07) is 3.70. The predicted molar refractivity (Wildman–Crippen MR) is 55.8 cm³/mol. The van der Waals surface area contributed by atoms with Gasteiger partial charge in [-0.05, 0) is 13.3 Å². The van der Waals surface area contributed by atoms with E-state index in [0.29, 0.717) is 12.2 Å². The number of rotatable bonds is 3. The van der Waals surface area contributed by atoms with Crippen molar-refractivity contribution in [1.29, 1.82) is 5.26 Å². The lowest BCUT2D eigenvalue weighted by molar-refractivity contribution is -0.122. The van der Waals surface area contributed by atoms with Gasteiger partial charge < -0.3 is 5.32 Å². The van der Waals surface area contributed by atoms with E-state index in [1.807, 2.05) is 13.0 Å². The Bertz CT molecular complexity index is 404. The number of aromatic nitrogens is 2. The molecule has 1 unspecified atom stereocenters. The van der Waals surface area contributed by atoms with Crippen molar-refractivity contribution < 1.29 is 4.79 Å². The van der Waals surface area contributed by atoms with Crippen LogP contribution in [0.2, 0.25) is 0 Å². The minimum absolute atomic E-state index is 0.295. The summed E-state index contributed by atoms with van der Waals surface area (Å²) in [7, 11) is 1.73. The van der Waals surface area contributed by atoms with Gasteiger partial charge in [-0.2, -0.15) is 10.4 Å². The van der Waals surface area contributed by atoms with Crippen molar-refractivity contribution in [3.8, 4) is 6.07 Å². The van der Waals surface area contributed by atoms with Crippen molar-refractivity contribution in [2.24, 2.45) is 12.5 Å². The molecule has 0 aromatic carbocycles. The van der Waals surface area contributed by atoms with Gasteiger partial charge in [0.15, 0.2) is 0 Å². The Labute approximate surface area is 88.7 Å². The lowest BCUT2D eigenvalue weighted by Crippen LogP contribution is -2.32. The first kappa shape index (κ1) is 11.2. The maximum absolute atomic E-state index is 11.8. The minimum Gasteiger partial charge on any atom is -0.310 e. The molecule has 0 fully saturated rings. The molecule has 1 rings (SSSR count). The number of carbonyl (C=O) groups excluding carboxylic acids is 1. The van der Waals surface area contributed by atoms with Gasteiger partial charge in [0, 0.05) is 13.1 Å². The molecule has 1 aromatic rings. The summed E-state index contributed by atoms with van der Waals surface area (Å²) in [5.41, 5.74) is -0.982. The van der Waals surface area contributed by atoms with Gasteiger partial charge in [0.2, 0.25) is 5.91 Å². The summed E-state index contributed by atoms with van der Waals surface area (Å²) < 4.78 is 1.55. The fourth-order valence-corrected chi connectivity index (χ4v) is 1.04. The number of nitrogens with one attached hydrogen (secondary N) is 1. The second-order valence-electron chi connectivity index (χ2n) is 3.59. The summed E-state index contributed by atoms with van der Waals surface area (Å²) in [6.45, 7) is 3.44. The minimum atomic E-state index is -0.982. The van der Waals surface area contributed by atoms with Crippen molar-refractivity contribution >= 4 is 11.7 Å². The van der Waals surface area contributed by atoms with Crippen LogP contribution in [0.1, 0.15) is 20.3 Å². The average Bonchev–Trinajstić information content (AvgIpc) is 2.63. The van der Waals surface area contributed by atoms with Crippen LogP contribution in [-0.4, -0.2) is 15.7 Å². The van der Waals surface area contributed by atoms with Gasteiger partial charge in [-0.1, -0.05) is 6.92 Å². The van der Waals surface area contributed by atoms with Crippen LogP contribution in [0.25, 0.3) is 0 Å². The fourth-order valence-electron chi connectivity index (χ4n) is 1.04. The first-order valence-corrected chi connectivity index (χ1v) is 4.74. The van der Waals surface area contributed by atoms with Gasteiger partial charge in [0.1, 0.15) is 11.2 Å². The first-order valence-electron chi connectivity index (χ1n) is 4.74. The van der Waals surface area contributed by atoms with Gasteiger partial charge in [0.05, 0.1) is 12.3 Å². The summed E-state index contributed by atoms with van der Waals surface area (Å²) in [5, 5.41) is 15.5. The van der Waals surface area contributed by atoms with E-state index in [1.165, 1.54) is 0 Å². The van der Waals surface area contributed by atoms with E-state index in [9.17, 15) is 4.79 Å². The molecule has 0 bridgehead atoms. The zero-order chi connectivity index (χ0) is 11.5. The number of hydrogen-bond acceptors (Lipinski definition) is 3. The van der Waals surface area contributed by atoms with Crippen LogP contribution in [0.5, 0.6) is 0 Å². The Morgan fingerprint density at radius 2 is 2.47 bits per heavy atom. The normalized spacial score (nSPS) is 14.0. The number of anilines is 1. The first-order chi connectivity index (χ1) is 7.03. The van der Waals surface area contributed by atoms with E-state index in [2.05, 4.69) is 10.4 Å². The topological polar surface area (TPSA) is 70.7 Å². The Balaban J connectivity index is 2.81. The standard InChI is InChI=1S/C10H14N4O/c1-4-10(2,7-11)9(15)13-8-5-6-12-14(8)3/h5-6H,4H2,1-3H3,(H,13,15). The van der Waals surface area contributed by atoms with Gasteiger partial charge in [0.25, 0.3) is 0 Å². The van der Waals surface area contributed by atoms with Crippen LogP contribution in [0, 0.1) is 16.7 Å². The SMILES string of the molecule is CCC(C)(C#N)C(=O)Nc1ccnn1C. The summed E-state index contributed by atoms with van der Waals surface area (Å²) in [5.74, 6) is 0.297. The smallest absolute Gasteiger partial charge is 0.245 e. The molecule has 1 atom stereocenters. The Hall–Kier alpha value is -1.83. The monoisotopic (exact) mass is 206 g/mol. The number of aryl methyl sites for hydroxylation is 1. The molecule has 0 radical (unpaired) electrons. The van der Waals surface area contributed by atoms with E-state index in [4.69, 9.17) is 5.26 Å². The fraction of sp³-hybridized carbons (Fsp3) is 0.500. The molecule has 1 heterocycles. The number of nitriles is 1. The molecule has 1 amide bonds. The number of hydrogen-bond donors (Lipinski definition) is 1. The van der Waals surface area contributed by atoms with Crippen molar-refractivity contribution in [1.82, 2.24) is 9.78 Å². The Morgan fingerprint density at radius 3 is 2.87 bits per heavy atom. The molecule has 1 aromatic heterocycles. The molecule has 15 heavy (non-hydrogen) atoms. The molecular weight excluding hydrogens is 192 g/mol. The lowest BCUT2D eigenvalue weighted by Gasteiger charge is -2.18. The second-order valence-corrected chi connectivity index (χ2v) is 3.59. The van der Waals surface area contributed by atoms with Crippen LogP contribution < -0.4 is 5.32 Å². The van der Waals surface area contributed by atoms with E-state index in [0.717, 1.165) is 0 Å². The maximum Gasteiger partial charge on any atom is 0.245 e. The van der Waals surface area contributed by atoms with E-state index >= 15 is 0 Å². The van der Waals surface area contributed by atoms with Gasteiger partial charge in [-0.3, -0.25) is 9.48 Å². The second kappa shape index (κ2) is 4.13. The van der Waals surface area contributed by atoms with Crippen molar-refractivity contribution in [2.45, 2.75) is 20.3 Å². The molecule has 0 aliphatic carbocycles. The lowest BCUT2D eigenvalue weighted by atomic mass is 9.88. The number of amides is 1. The van der Waals surface area contributed by atoms with Crippen molar-refractivity contribution in [3.63, 3.8) is 0 Å². The summed E-state index contributed by atoms with van der Waals surface area (Å²) in [4.78, 5) is 11.8. The van der Waals surface area contributed by atoms with Gasteiger partial charge in [-0.25, -0.2) is 0 Å². The van der Waals surface area contributed by atoms with E-state index in [1.54, 1.807) is 30.9 Å². The van der Waals surface area contributed by atoms with Crippen LogP contribution >= 0.6 is 0 Å². The molecule has 0 spiro atoms. The molecule has 5 heteroatoms. The van der Waals surface area contributed by atoms with E-state index in [-0.39, 0.29) is 5.91 Å². The Morgan fingerprint density at radius 1 is 1.80 bits per heavy atom. The summed E-state index contributed by atoms with van der Waals surface area (Å²) in [6.07, 6.45) is 2.07. The third kappa shape index (κ3) is 2.15. The molecule has 1 N–H and O–H groups in total. The summed E-state index contributed by atoms with van der Waals surface area (Å²) >= 11 is 0. The van der Waals surface area contributed by atoms with Gasteiger partial charge in [-0.15, -0.1) is 0 Å². The highest BCUT2D eigenvalue weighted by Gasteiger charge is 2.31. The van der Waals surface area contributed by atoms with Crippen molar-refractivity contribution in [2.75, 3.05) is 5.32 Å². The zero-order valence-corrected chi connectivity index (χ0v) is 9.11. The number of carbonyl (C=O) groups is 1. The number of nitrogens with zero attached hydrogens (tertiary/aromatic N) is 3. The molecular formula is C10H14N4O. The molecule has 0 saturated heterocycles. The molecule has 0 aliphatic heterocycles. The molecule has 0 saturated carbocycles. The zero-order valence-electron chi connectivity index (χ0n) is 9.11. The highest BCUT2D eigenvalue weighted by molar-refractivity contribution is 5.96. The Kier molecular flexibility index (Phi) is 3.10. The highest BCUT2D eigenvalue weighted by Crippen LogP contribution is 2.21. The van der Waals surface area contributed by atoms with Crippen LogP contribution in [0.4, 0.5) is 5.82 Å². The van der Waals surface area contributed by atoms with Crippen molar-refractivity contribution in [3.05, 3.63) is 12.3 Å². The quantitative estimate of drug-likeness (QED) is 0.810. The van der Waals surface area contributed by atoms with Crippen LogP contribution in [-0.2, 0) is 11.8 Å². The van der Waals surface area contributed by atoms with Crippen LogP contribution in [0.3, 0.4) is 0 Å². The molecule has 80 valence electrons. The average molecular weight is 206 g/mol. The third-order valence-corrected chi connectivity index (χ3v) is 2.52. The largest absolute Gasteiger partial charge is 0.310 e. The van der Waals surface area contributed by atoms with E-state index < -0.39 is 5.41 Å². The van der Waals surface area contributed by atoms with Gasteiger partial charge >= 0.3 is 0 Å². The molecule has 0 aliphatic rings. The predicted octanol–water partition coefficient (Wildman–Crippen LogP) is 1.30. The third-order valence-electron chi connectivity index (χ3n) is 2.52. The van der Waals surface area contributed by atoms with Crippen LogP contribution in [0.15, 0.2) is 12.3 Å². The maximum atomic E-state index is 11.8. The molecule has 5 nitrogen and oxygen atoms in total. The highest BCUT2D eigenvalue weighted by atomic mass is 16.2.